The molecule has 6 rings (SSSR count). The fourth-order valence-electron chi connectivity index (χ4n) is 7.84. The van der Waals surface area contributed by atoms with Crippen LogP contribution in [-0.2, 0) is 0 Å². The van der Waals surface area contributed by atoms with Gasteiger partial charge < -0.3 is 19.0 Å². The van der Waals surface area contributed by atoms with E-state index in [1.807, 2.05) is 0 Å². The Kier molecular flexibility index (Phi) is 15.3. The second-order valence-corrected chi connectivity index (χ2v) is 15.5. The molecule has 28 heteroatoms. The van der Waals surface area contributed by atoms with Gasteiger partial charge >= 0.3 is 35.0 Å². The Bertz CT molecular complexity index is 3420. The zero-order valence-electron chi connectivity index (χ0n) is 37.7. The lowest BCUT2D eigenvalue weighted by atomic mass is 9.92. The van der Waals surface area contributed by atoms with Crippen LogP contribution in [0, 0.1) is 90.8 Å². The first kappa shape index (κ1) is 54.8. The summed E-state index contributed by atoms with van der Waals surface area (Å²) in [7, 11) is 0. The van der Waals surface area contributed by atoms with E-state index in [0.29, 0.717) is 12.2 Å². The molecule has 6 aromatic rings. The number of allylic oxidation sites excluding steroid dienone is 2. The third-order valence-electron chi connectivity index (χ3n) is 11.1. The molecule has 0 aliphatic carbocycles. The molecule has 0 saturated heterocycles. The molecular weight excluding hydrogens is 1010 g/mol. The monoisotopic (exact) mass is 1030 g/mol. The van der Waals surface area contributed by atoms with Gasteiger partial charge in [-0.05, 0) is 52.0 Å². The highest BCUT2D eigenvalue weighted by Crippen LogP contribution is 2.46. The average molecular weight is 1030 g/mol. The smallest absolute Gasteiger partial charge is 0.413 e. The molecule has 0 fully saturated rings. The summed E-state index contributed by atoms with van der Waals surface area (Å²) in [6.45, 7) is 3.83. The summed E-state index contributed by atoms with van der Waals surface area (Å²) in [5.41, 5.74) is -17.0. The Morgan fingerprint density at radius 1 is 0.568 bits per heavy atom. The fourth-order valence-corrected chi connectivity index (χ4v) is 7.84. The molecule has 380 valence electrons. The standard InChI is InChI=1S/2C23H14F3N3O8/c2*1-10-18(21(31)20(29(35)36)11(2)19(10)28(33)34)16(30)8-12(23(24,25)26)7-14-13-5-3-4-6-17(13)37-22(32)15(14)9-27/h2*3-7,31H,8H2,1-2H3/b2*12-7+. The summed E-state index contributed by atoms with van der Waals surface area (Å²) in [4.78, 5) is 91.6. The SMILES string of the molecule is Cc1c(C(=O)C/C(=C\c2c(C#N)c(=O)oc3ccccc23)C(F)(F)F)c(O)c([N+](=O)[O-])c(C)c1[N+](=O)[O-].Cc1c(C(=O)C/C(=C\c2c(C#N)c(=O)oc3ccccc23)C(F)(F)F)c(O)c([N+](=O)[O-])c(C)c1[N+](=O)[O-]. The van der Waals surface area contributed by atoms with E-state index < -0.39 is 169 Å². The number of carbonyl (C=O) groups is 2. The number of nitrogens with zero attached hydrogens (tertiary/aromatic N) is 6. The molecular formula is C46H28F6N6O16. The predicted octanol–water partition coefficient (Wildman–Crippen LogP) is 10.0. The summed E-state index contributed by atoms with van der Waals surface area (Å²) < 4.78 is 94.0. The highest BCUT2D eigenvalue weighted by Gasteiger charge is 2.42. The quantitative estimate of drug-likeness (QED) is 0.0378. The molecule has 74 heavy (non-hydrogen) atoms. The van der Waals surface area contributed by atoms with Crippen LogP contribution in [0.3, 0.4) is 0 Å². The van der Waals surface area contributed by atoms with Crippen LogP contribution >= 0.6 is 0 Å². The van der Waals surface area contributed by atoms with E-state index in [2.05, 4.69) is 0 Å². The molecule has 0 aliphatic rings. The highest BCUT2D eigenvalue weighted by atomic mass is 19.4. The molecule has 0 spiro atoms. The molecule has 22 nitrogen and oxygen atoms in total. The highest BCUT2D eigenvalue weighted by molar-refractivity contribution is 6.06. The third kappa shape index (κ3) is 10.5. The second-order valence-electron chi connectivity index (χ2n) is 15.5. The first-order chi connectivity index (χ1) is 34.4. The Morgan fingerprint density at radius 3 is 1.14 bits per heavy atom. The minimum absolute atomic E-state index is 0.0477. The molecule has 0 atom stereocenters. The van der Waals surface area contributed by atoms with E-state index in [-0.39, 0.29) is 21.9 Å². The van der Waals surface area contributed by atoms with Gasteiger partial charge in [0, 0.05) is 57.0 Å². The summed E-state index contributed by atoms with van der Waals surface area (Å²) in [5.74, 6) is -5.67. The van der Waals surface area contributed by atoms with E-state index in [1.54, 1.807) is 0 Å². The minimum atomic E-state index is -5.22. The average Bonchev–Trinajstić information content (AvgIpc) is 3.27. The van der Waals surface area contributed by atoms with Crippen molar-refractivity contribution < 1.29 is 74.7 Å². The number of alkyl halides is 6. The Balaban J connectivity index is 0.000000274. The van der Waals surface area contributed by atoms with Crippen LogP contribution in [0.1, 0.15) is 78.1 Å². The van der Waals surface area contributed by atoms with E-state index in [4.69, 9.17) is 8.83 Å². The Labute approximate surface area is 406 Å². The number of halogens is 6. The number of phenols is 2. The van der Waals surface area contributed by atoms with Crippen LogP contribution in [0.4, 0.5) is 49.1 Å². The van der Waals surface area contributed by atoms with Gasteiger partial charge in [0.1, 0.15) is 45.6 Å². The normalized spacial score (nSPS) is 11.8. The predicted molar refractivity (Wildman–Crippen MR) is 242 cm³/mol. The number of hydrogen-bond donors (Lipinski definition) is 2. The molecule has 2 heterocycles. The lowest BCUT2D eigenvalue weighted by molar-refractivity contribution is -0.396. The van der Waals surface area contributed by atoms with Crippen molar-refractivity contribution in [3.8, 4) is 23.6 Å². The lowest BCUT2D eigenvalue weighted by Crippen LogP contribution is -2.18. The van der Waals surface area contributed by atoms with Crippen LogP contribution < -0.4 is 11.3 Å². The maximum absolute atomic E-state index is 14.0. The van der Waals surface area contributed by atoms with Crippen molar-refractivity contribution in [3.05, 3.63) is 177 Å². The van der Waals surface area contributed by atoms with Crippen LogP contribution in [0.5, 0.6) is 11.5 Å². The molecule has 4 aromatic carbocycles. The van der Waals surface area contributed by atoms with Gasteiger partial charge in [-0.1, -0.05) is 36.4 Å². The molecule has 0 aliphatic heterocycles. The number of nitriles is 2. The summed E-state index contributed by atoms with van der Waals surface area (Å²) in [5, 5.41) is 85.1. The van der Waals surface area contributed by atoms with Gasteiger partial charge in [0.15, 0.2) is 11.6 Å². The first-order valence-electron chi connectivity index (χ1n) is 20.2. The van der Waals surface area contributed by atoms with Crippen LogP contribution in [0.2, 0.25) is 0 Å². The van der Waals surface area contributed by atoms with Gasteiger partial charge in [-0.15, -0.1) is 0 Å². The van der Waals surface area contributed by atoms with Crippen molar-refractivity contribution in [1.29, 1.82) is 10.5 Å². The number of fused-ring (bicyclic) bond motifs is 2. The van der Waals surface area contributed by atoms with Crippen molar-refractivity contribution in [3.63, 3.8) is 0 Å². The number of hydrogen-bond acceptors (Lipinski definition) is 18. The minimum Gasteiger partial charge on any atom is -0.502 e. The van der Waals surface area contributed by atoms with Gasteiger partial charge in [-0.25, -0.2) is 9.59 Å². The number of ketones is 2. The van der Waals surface area contributed by atoms with E-state index in [0.717, 1.165) is 27.7 Å². The lowest BCUT2D eigenvalue weighted by Gasteiger charge is -2.15. The first-order valence-corrected chi connectivity index (χ1v) is 20.2. The Hall–Kier alpha value is -10.1. The summed E-state index contributed by atoms with van der Waals surface area (Å²) in [6, 6.07) is 13.7. The van der Waals surface area contributed by atoms with Crippen molar-refractivity contribution in [1.82, 2.24) is 0 Å². The summed E-state index contributed by atoms with van der Waals surface area (Å²) in [6.07, 6.45) is -12.7. The second kappa shape index (κ2) is 20.7. The van der Waals surface area contributed by atoms with Crippen LogP contribution in [-0.4, -0.2) is 53.8 Å². The summed E-state index contributed by atoms with van der Waals surface area (Å²) >= 11 is 0. The van der Waals surface area contributed by atoms with Gasteiger partial charge in [0.25, 0.3) is 11.4 Å². The van der Waals surface area contributed by atoms with E-state index in [9.17, 15) is 107 Å². The Morgan fingerprint density at radius 2 is 0.865 bits per heavy atom. The van der Waals surface area contributed by atoms with Crippen molar-refractivity contribution in [2.45, 2.75) is 52.9 Å². The molecule has 2 N–H and O–H groups in total. The molecule has 0 saturated carbocycles. The number of carbonyl (C=O) groups excluding carboxylic acids is 2. The van der Waals surface area contributed by atoms with Gasteiger partial charge in [0.2, 0.25) is 11.5 Å². The third-order valence-corrected chi connectivity index (χ3v) is 11.1. The number of nitro groups is 4. The molecule has 0 bridgehead atoms. The van der Waals surface area contributed by atoms with Gasteiger partial charge in [0.05, 0.1) is 30.8 Å². The zero-order chi connectivity index (χ0) is 55.6. The largest absolute Gasteiger partial charge is 0.502 e. The van der Waals surface area contributed by atoms with Crippen LogP contribution in [0.15, 0.2) is 78.1 Å². The zero-order valence-corrected chi connectivity index (χ0v) is 37.7. The topological polar surface area (TPSA) is 355 Å². The van der Waals surface area contributed by atoms with Crippen molar-refractivity contribution >= 4 is 68.4 Å². The molecule has 0 radical (unpaired) electrons. The number of Topliss-reactive ketones (excluding diaryl/α,β-unsaturated/α-hetero) is 2. The van der Waals surface area contributed by atoms with E-state index in [1.165, 1.54) is 60.7 Å². The van der Waals surface area contributed by atoms with Crippen molar-refractivity contribution in [2.75, 3.05) is 0 Å². The number of rotatable bonds is 12. The number of phenolic OH excluding ortho intramolecular Hbond substituents is 2. The number of nitro benzene ring substituents is 4. The molecule has 0 amide bonds. The van der Waals surface area contributed by atoms with Gasteiger partial charge in [-0.2, -0.15) is 36.9 Å². The van der Waals surface area contributed by atoms with Gasteiger partial charge in [-0.3, -0.25) is 50.0 Å². The number of aromatic hydroxyl groups is 2. The number of para-hydroxylation sites is 2. The molecule has 2 aromatic heterocycles. The fraction of sp³-hybridized carbons (Fsp3) is 0.174. The maximum Gasteiger partial charge on any atom is 0.413 e. The van der Waals surface area contributed by atoms with Crippen LogP contribution in [0.25, 0.3) is 34.1 Å². The molecule has 0 unspecified atom stereocenters. The van der Waals surface area contributed by atoms with E-state index >= 15 is 0 Å². The maximum atomic E-state index is 14.0. The number of benzene rings is 4. The van der Waals surface area contributed by atoms with Crippen molar-refractivity contribution in [2.24, 2.45) is 0 Å².